The van der Waals surface area contributed by atoms with Gasteiger partial charge in [0.1, 0.15) is 0 Å². The fraction of sp³-hybridized carbons (Fsp3) is 0.700. The van der Waals surface area contributed by atoms with Gasteiger partial charge in [-0.1, -0.05) is 0 Å². The fourth-order valence-electron chi connectivity index (χ4n) is 2.07. The Labute approximate surface area is 98.6 Å². The normalized spacial score (nSPS) is 22.5. The van der Waals surface area contributed by atoms with Crippen molar-refractivity contribution in [3.63, 3.8) is 0 Å². The molecule has 2 rings (SSSR count). The predicted octanol–water partition coefficient (Wildman–Crippen LogP) is 1.02. The molecule has 0 amide bonds. The smallest absolute Gasteiger partial charge is 0.0739 e. The topological polar surface area (TPSA) is 47.1 Å². The standard InChI is InChI=1S/C10H17BrN4/c1-7-10(11)9(14(2)13-7)6-15-4-3-8(12)5-15/h8H,3-6,12H2,1-2H3/t8-/m0/s1. The van der Waals surface area contributed by atoms with Gasteiger partial charge in [0.05, 0.1) is 15.9 Å². The maximum atomic E-state index is 5.88. The van der Waals surface area contributed by atoms with Gasteiger partial charge in [0.15, 0.2) is 0 Å². The molecular formula is C10H17BrN4. The molecule has 0 bridgehead atoms. The molecule has 0 aliphatic carbocycles. The van der Waals surface area contributed by atoms with E-state index in [1.54, 1.807) is 0 Å². The molecule has 2 heterocycles. The first-order chi connectivity index (χ1) is 7.08. The van der Waals surface area contributed by atoms with Crippen molar-refractivity contribution >= 4 is 15.9 Å². The number of nitrogens with zero attached hydrogens (tertiary/aromatic N) is 3. The van der Waals surface area contributed by atoms with Gasteiger partial charge in [-0.3, -0.25) is 9.58 Å². The van der Waals surface area contributed by atoms with Crippen LogP contribution < -0.4 is 5.73 Å². The SMILES string of the molecule is Cc1nn(C)c(CN2CC[C@H](N)C2)c1Br. The van der Waals surface area contributed by atoms with Crippen LogP contribution >= 0.6 is 15.9 Å². The lowest BCUT2D eigenvalue weighted by Crippen LogP contribution is -2.27. The molecule has 1 aliphatic rings. The highest BCUT2D eigenvalue weighted by Gasteiger charge is 2.21. The zero-order valence-electron chi connectivity index (χ0n) is 9.20. The van der Waals surface area contributed by atoms with E-state index in [2.05, 4.69) is 25.9 Å². The number of aromatic nitrogens is 2. The van der Waals surface area contributed by atoms with Crippen LogP contribution in [0.3, 0.4) is 0 Å². The van der Waals surface area contributed by atoms with Crippen molar-refractivity contribution in [1.29, 1.82) is 0 Å². The van der Waals surface area contributed by atoms with Crippen molar-refractivity contribution in [1.82, 2.24) is 14.7 Å². The highest BCUT2D eigenvalue weighted by atomic mass is 79.9. The lowest BCUT2D eigenvalue weighted by Gasteiger charge is -2.15. The fourth-order valence-corrected chi connectivity index (χ4v) is 2.53. The molecule has 2 N–H and O–H groups in total. The summed E-state index contributed by atoms with van der Waals surface area (Å²) in [4.78, 5) is 2.38. The Morgan fingerprint density at radius 3 is 2.80 bits per heavy atom. The van der Waals surface area contributed by atoms with Gasteiger partial charge in [0.25, 0.3) is 0 Å². The molecule has 1 aromatic rings. The Morgan fingerprint density at radius 1 is 1.60 bits per heavy atom. The van der Waals surface area contributed by atoms with Crippen molar-refractivity contribution in [2.24, 2.45) is 12.8 Å². The summed E-state index contributed by atoms with van der Waals surface area (Å²) in [6.07, 6.45) is 1.11. The largest absolute Gasteiger partial charge is 0.326 e. The van der Waals surface area contributed by atoms with Crippen LogP contribution in [0.5, 0.6) is 0 Å². The number of hydrogen-bond donors (Lipinski definition) is 1. The number of nitrogens with two attached hydrogens (primary N) is 1. The maximum Gasteiger partial charge on any atom is 0.0739 e. The van der Waals surface area contributed by atoms with Crippen molar-refractivity contribution in [3.8, 4) is 0 Å². The Kier molecular flexibility index (Phi) is 3.13. The summed E-state index contributed by atoms with van der Waals surface area (Å²) in [6.45, 7) is 5.05. The summed E-state index contributed by atoms with van der Waals surface area (Å²) < 4.78 is 3.08. The number of halogens is 1. The molecule has 0 spiro atoms. The minimum atomic E-state index is 0.345. The highest BCUT2D eigenvalue weighted by molar-refractivity contribution is 9.10. The van der Waals surface area contributed by atoms with Gasteiger partial charge in [-0.2, -0.15) is 5.10 Å². The third-order valence-corrected chi connectivity index (χ3v) is 3.98. The molecule has 4 nitrogen and oxygen atoms in total. The van der Waals surface area contributed by atoms with E-state index < -0.39 is 0 Å². The van der Waals surface area contributed by atoms with Crippen LogP contribution in [-0.2, 0) is 13.6 Å². The minimum Gasteiger partial charge on any atom is -0.326 e. The Bertz CT molecular complexity index is 361. The zero-order chi connectivity index (χ0) is 11.0. The van der Waals surface area contributed by atoms with Gasteiger partial charge in [0, 0.05) is 32.7 Å². The molecular weight excluding hydrogens is 256 g/mol. The average molecular weight is 273 g/mol. The third-order valence-electron chi connectivity index (χ3n) is 2.94. The van der Waals surface area contributed by atoms with Crippen LogP contribution in [0.1, 0.15) is 17.8 Å². The molecule has 1 atom stereocenters. The molecule has 1 saturated heterocycles. The first-order valence-electron chi connectivity index (χ1n) is 5.24. The van der Waals surface area contributed by atoms with E-state index >= 15 is 0 Å². The summed E-state index contributed by atoms with van der Waals surface area (Å²) >= 11 is 3.58. The van der Waals surface area contributed by atoms with E-state index in [1.165, 1.54) is 5.69 Å². The van der Waals surface area contributed by atoms with E-state index in [4.69, 9.17) is 5.73 Å². The van der Waals surface area contributed by atoms with Gasteiger partial charge < -0.3 is 5.73 Å². The van der Waals surface area contributed by atoms with E-state index in [9.17, 15) is 0 Å². The predicted molar refractivity (Wildman–Crippen MR) is 63.5 cm³/mol. The van der Waals surface area contributed by atoms with Crippen LogP contribution in [0, 0.1) is 6.92 Å². The van der Waals surface area contributed by atoms with E-state index in [0.717, 1.165) is 36.2 Å². The lowest BCUT2D eigenvalue weighted by molar-refractivity contribution is 0.316. The molecule has 0 radical (unpaired) electrons. The molecule has 0 aromatic carbocycles. The maximum absolute atomic E-state index is 5.88. The van der Waals surface area contributed by atoms with Crippen LogP contribution in [-0.4, -0.2) is 33.8 Å². The van der Waals surface area contributed by atoms with E-state index in [-0.39, 0.29) is 0 Å². The summed E-state index contributed by atoms with van der Waals surface area (Å²) in [5, 5.41) is 4.38. The molecule has 0 unspecified atom stereocenters. The van der Waals surface area contributed by atoms with E-state index in [1.807, 2.05) is 18.7 Å². The van der Waals surface area contributed by atoms with Crippen molar-refractivity contribution in [2.45, 2.75) is 25.9 Å². The van der Waals surface area contributed by atoms with Crippen LogP contribution in [0.4, 0.5) is 0 Å². The first-order valence-corrected chi connectivity index (χ1v) is 6.03. The number of hydrogen-bond acceptors (Lipinski definition) is 3. The van der Waals surface area contributed by atoms with E-state index in [0.29, 0.717) is 6.04 Å². The summed E-state index contributed by atoms with van der Waals surface area (Å²) in [6, 6.07) is 0.345. The number of likely N-dealkylation sites (tertiary alicyclic amines) is 1. The first kappa shape index (κ1) is 11.1. The molecule has 15 heavy (non-hydrogen) atoms. The molecule has 0 saturated carbocycles. The third kappa shape index (κ3) is 2.24. The van der Waals surface area contributed by atoms with Gasteiger partial charge >= 0.3 is 0 Å². The number of aryl methyl sites for hydroxylation is 2. The second kappa shape index (κ2) is 4.23. The molecule has 84 valence electrons. The van der Waals surface area contributed by atoms with Gasteiger partial charge in [0.2, 0.25) is 0 Å². The minimum absolute atomic E-state index is 0.345. The van der Waals surface area contributed by atoms with Gasteiger partial charge in [-0.05, 0) is 29.3 Å². The summed E-state index contributed by atoms with van der Waals surface area (Å²) in [5.41, 5.74) is 8.17. The van der Waals surface area contributed by atoms with Crippen molar-refractivity contribution in [2.75, 3.05) is 13.1 Å². The Balaban J connectivity index is 2.10. The second-order valence-corrected chi connectivity index (χ2v) is 5.05. The molecule has 1 aliphatic heterocycles. The zero-order valence-corrected chi connectivity index (χ0v) is 10.8. The van der Waals surface area contributed by atoms with Gasteiger partial charge in [-0.15, -0.1) is 0 Å². The Hall–Kier alpha value is -0.390. The quantitative estimate of drug-likeness (QED) is 0.875. The number of rotatable bonds is 2. The summed E-state index contributed by atoms with van der Waals surface area (Å²) in [5.74, 6) is 0. The molecule has 5 heteroatoms. The summed E-state index contributed by atoms with van der Waals surface area (Å²) in [7, 11) is 1.99. The average Bonchev–Trinajstić information content (AvgIpc) is 2.67. The second-order valence-electron chi connectivity index (χ2n) is 4.25. The Morgan fingerprint density at radius 2 is 2.33 bits per heavy atom. The molecule has 1 fully saturated rings. The highest BCUT2D eigenvalue weighted by Crippen LogP contribution is 2.22. The van der Waals surface area contributed by atoms with Gasteiger partial charge in [-0.25, -0.2) is 0 Å². The van der Waals surface area contributed by atoms with Crippen LogP contribution in [0.2, 0.25) is 0 Å². The van der Waals surface area contributed by atoms with Crippen molar-refractivity contribution < 1.29 is 0 Å². The monoisotopic (exact) mass is 272 g/mol. The van der Waals surface area contributed by atoms with Crippen LogP contribution in [0.15, 0.2) is 4.47 Å². The molecule has 1 aromatic heterocycles. The van der Waals surface area contributed by atoms with Crippen LogP contribution in [0.25, 0.3) is 0 Å². The van der Waals surface area contributed by atoms with Crippen molar-refractivity contribution in [3.05, 3.63) is 15.9 Å². The lowest BCUT2D eigenvalue weighted by atomic mass is 10.3.